The van der Waals surface area contributed by atoms with E-state index in [0.717, 1.165) is 5.56 Å². The summed E-state index contributed by atoms with van der Waals surface area (Å²) in [7, 11) is 3.23. The van der Waals surface area contributed by atoms with E-state index < -0.39 is 0 Å². The van der Waals surface area contributed by atoms with Crippen LogP contribution in [0.4, 0.5) is 0 Å². The average Bonchev–Trinajstić information content (AvgIpc) is 2.37. The molecule has 0 fully saturated rings. The van der Waals surface area contributed by atoms with E-state index in [1.807, 2.05) is 13.0 Å². The topological polar surface area (TPSA) is 53.3 Å². The fraction of sp³-hybridized carbons (Fsp3) is 0.429. The first-order chi connectivity index (χ1) is 8.49. The van der Waals surface area contributed by atoms with Crippen LogP contribution in [0, 0.1) is 24.2 Å². The summed E-state index contributed by atoms with van der Waals surface area (Å²) in [5.74, 6) is 0.245. The van der Waals surface area contributed by atoms with Crippen LogP contribution >= 0.6 is 0 Å². The number of methoxy groups -OCH3 is 1. The molecule has 4 heteroatoms. The summed E-state index contributed by atoms with van der Waals surface area (Å²) in [4.78, 5) is 13.8. The first kappa shape index (κ1) is 14.0. The van der Waals surface area contributed by atoms with Crippen molar-refractivity contribution in [2.75, 3.05) is 20.7 Å². The minimum atomic E-state index is -0.185. The van der Waals surface area contributed by atoms with Gasteiger partial charge in [-0.25, -0.2) is 0 Å². The summed E-state index contributed by atoms with van der Waals surface area (Å²) < 4.78 is 5.19. The minimum absolute atomic E-state index is 0.127. The maximum Gasteiger partial charge on any atom is 0.257 e. The zero-order chi connectivity index (χ0) is 13.7. The van der Waals surface area contributed by atoms with E-state index in [4.69, 9.17) is 10.00 Å². The molecule has 1 aromatic rings. The second-order valence-corrected chi connectivity index (χ2v) is 4.42. The number of benzene rings is 1. The van der Waals surface area contributed by atoms with Crippen LogP contribution in [0.5, 0.6) is 5.75 Å². The van der Waals surface area contributed by atoms with E-state index in [1.165, 1.54) is 0 Å². The molecule has 0 aromatic heterocycles. The van der Waals surface area contributed by atoms with Crippen LogP contribution in [0.2, 0.25) is 0 Å². The Balaban J connectivity index is 2.96. The molecule has 0 heterocycles. The Morgan fingerprint density at radius 2 is 2.22 bits per heavy atom. The lowest BCUT2D eigenvalue weighted by molar-refractivity contribution is 0.0781. The van der Waals surface area contributed by atoms with E-state index in [-0.39, 0.29) is 11.8 Å². The van der Waals surface area contributed by atoms with Crippen LogP contribution < -0.4 is 4.74 Å². The lowest BCUT2D eigenvalue weighted by Crippen LogP contribution is -2.31. The molecule has 1 aromatic carbocycles. The Hall–Kier alpha value is -2.02. The van der Waals surface area contributed by atoms with Crippen molar-refractivity contribution < 1.29 is 9.53 Å². The molecule has 4 nitrogen and oxygen atoms in total. The largest absolute Gasteiger partial charge is 0.496 e. The van der Waals surface area contributed by atoms with Crippen LogP contribution in [0.1, 0.15) is 22.8 Å². The molecule has 0 aliphatic rings. The zero-order valence-corrected chi connectivity index (χ0v) is 11.2. The average molecular weight is 246 g/mol. The standard InChI is InChI=1S/C14H18N2O2/c1-10-5-6-13(18-4)12(7-10)14(17)16(3)9-11(2)8-15/h5-7,11H,9H2,1-4H3. The highest BCUT2D eigenvalue weighted by Crippen LogP contribution is 2.21. The quantitative estimate of drug-likeness (QED) is 0.818. The van der Waals surface area contributed by atoms with Crippen molar-refractivity contribution in [3.63, 3.8) is 0 Å². The summed E-state index contributed by atoms with van der Waals surface area (Å²) in [5, 5.41) is 8.77. The third-order valence-electron chi connectivity index (χ3n) is 2.70. The molecule has 96 valence electrons. The smallest absolute Gasteiger partial charge is 0.257 e. The van der Waals surface area contributed by atoms with Crippen LogP contribution in [-0.4, -0.2) is 31.5 Å². The summed E-state index contributed by atoms with van der Waals surface area (Å²) in [5.41, 5.74) is 1.53. The second-order valence-electron chi connectivity index (χ2n) is 4.42. The van der Waals surface area contributed by atoms with E-state index in [9.17, 15) is 4.79 Å². The van der Waals surface area contributed by atoms with Crippen LogP contribution in [0.3, 0.4) is 0 Å². The van der Waals surface area contributed by atoms with Gasteiger partial charge in [0.2, 0.25) is 0 Å². The third-order valence-corrected chi connectivity index (χ3v) is 2.70. The normalized spacial score (nSPS) is 11.5. The van der Waals surface area contributed by atoms with E-state index in [2.05, 4.69) is 6.07 Å². The van der Waals surface area contributed by atoms with Gasteiger partial charge in [-0.2, -0.15) is 5.26 Å². The lowest BCUT2D eigenvalue weighted by Gasteiger charge is -2.19. The summed E-state index contributed by atoms with van der Waals surface area (Å²) in [6, 6.07) is 7.60. The summed E-state index contributed by atoms with van der Waals surface area (Å²) in [6.07, 6.45) is 0. The third kappa shape index (κ3) is 3.24. The van der Waals surface area contributed by atoms with Crippen LogP contribution in [-0.2, 0) is 0 Å². The molecule has 0 aliphatic carbocycles. The van der Waals surface area contributed by atoms with Gasteiger partial charge in [0.05, 0.1) is 24.7 Å². The monoisotopic (exact) mass is 246 g/mol. The van der Waals surface area contributed by atoms with Crippen LogP contribution in [0.15, 0.2) is 18.2 Å². The highest BCUT2D eigenvalue weighted by Gasteiger charge is 2.18. The van der Waals surface area contributed by atoms with E-state index in [1.54, 1.807) is 38.1 Å². The van der Waals surface area contributed by atoms with Crippen molar-refractivity contribution >= 4 is 5.91 Å². The van der Waals surface area contributed by atoms with Crippen molar-refractivity contribution in [3.05, 3.63) is 29.3 Å². The van der Waals surface area contributed by atoms with Gasteiger partial charge in [-0.3, -0.25) is 4.79 Å². The van der Waals surface area contributed by atoms with Crippen LogP contribution in [0.25, 0.3) is 0 Å². The molecule has 0 saturated heterocycles. The number of rotatable bonds is 4. The number of carbonyl (C=O) groups is 1. The van der Waals surface area contributed by atoms with Gasteiger partial charge in [0, 0.05) is 13.6 Å². The first-order valence-corrected chi connectivity index (χ1v) is 5.79. The molecule has 0 saturated carbocycles. The SMILES string of the molecule is COc1ccc(C)cc1C(=O)N(C)CC(C)C#N. The number of aryl methyl sites for hydroxylation is 1. The fourth-order valence-corrected chi connectivity index (χ4v) is 1.73. The molecule has 0 bridgehead atoms. The molecule has 1 rings (SSSR count). The Morgan fingerprint density at radius 3 is 2.78 bits per heavy atom. The Kier molecular flexibility index (Phi) is 4.73. The Morgan fingerprint density at radius 1 is 1.56 bits per heavy atom. The first-order valence-electron chi connectivity index (χ1n) is 5.79. The maximum atomic E-state index is 12.3. The molecule has 0 N–H and O–H groups in total. The van der Waals surface area contributed by atoms with Gasteiger partial charge in [0.1, 0.15) is 5.75 Å². The molecule has 1 amide bonds. The molecule has 18 heavy (non-hydrogen) atoms. The van der Waals surface area contributed by atoms with Gasteiger partial charge in [-0.1, -0.05) is 11.6 Å². The van der Waals surface area contributed by atoms with Gasteiger partial charge in [0.25, 0.3) is 5.91 Å². The van der Waals surface area contributed by atoms with E-state index in [0.29, 0.717) is 17.9 Å². The highest BCUT2D eigenvalue weighted by molar-refractivity contribution is 5.97. The van der Waals surface area contributed by atoms with Gasteiger partial charge in [-0.05, 0) is 26.0 Å². The number of ether oxygens (including phenoxy) is 1. The maximum absolute atomic E-state index is 12.3. The van der Waals surface area contributed by atoms with Crippen molar-refractivity contribution in [2.24, 2.45) is 5.92 Å². The van der Waals surface area contributed by atoms with Crippen molar-refractivity contribution in [1.82, 2.24) is 4.90 Å². The van der Waals surface area contributed by atoms with Gasteiger partial charge in [0.15, 0.2) is 0 Å². The van der Waals surface area contributed by atoms with Gasteiger partial charge >= 0.3 is 0 Å². The molecule has 0 radical (unpaired) electrons. The minimum Gasteiger partial charge on any atom is -0.496 e. The zero-order valence-electron chi connectivity index (χ0n) is 11.2. The number of nitriles is 1. The van der Waals surface area contributed by atoms with Crippen molar-refractivity contribution in [2.45, 2.75) is 13.8 Å². The number of hydrogen-bond acceptors (Lipinski definition) is 3. The molecular formula is C14H18N2O2. The van der Waals surface area contributed by atoms with Crippen molar-refractivity contribution in [3.8, 4) is 11.8 Å². The predicted octanol–water partition coefficient (Wildman–Crippen LogP) is 2.24. The predicted molar refractivity (Wildman–Crippen MR) is 69.5 cm³/mol. The number of nitrogens with zero attached hydrogens (tertiary/aromatic N) is 2. The van der Waals surface area contributed by atoms with E-state index >= 15 is 0 Å². The lowest BCUT2D eigenvalue weighted by atomic mass is 10.1. The van der Waals surface area contributed by atoms with Gasteiger partial charge in [-0.15, -0.1) is 0 Å². The number of amides is 1. The molecule has 0 spiro atoms. The summed E-state index contributed by atoms with van der Waals surface area (Å²) in [6.45, 7) is 4.12. The molecule has 0 aliphatic heterocycles. The number of carbonyl (C=O) groups excluding carboxylic acids is 1. The van der Waals surface area contributed by atoms with Crippen molar-refractivity contribution in [1.29, 1.82) is 5.26 Å². The Bertz CT molecular complexity index is 477. The molecule has 1 unspecified atom stereocenters. The Labute approximate surface area is 108 Å². The molecular weight excluding hydrogens is 228 g/mol. The molecule has 1 atom stereocenters. The van der Waals surface area contributed by atoms with Gasteiger partial charge < -0.3 is 9.64 Å². The summed E-state index contributed by atoms with van der Waals surface area (Å²) >= 11 is 0. The number of hydrogen-bond donors (Lipinski definition) is 0. The second kappa shape index (κ2) is 6.06. The highest BCUT2D eigenvalue weighted by atomic mass is 16.5. The fourth-order valence-electron chi connectivity index (χ4n) is 1.73.